The number of carbonyl (C=O) groups excluding carboxylic acids is 11. The van der Waals surface area contributed by atoms with E-state index in [9.17, 15) is 57.8 Å². The summed E-state index contributed by atoms with van der Waals surface area (Å²) in [6.45, 7) is 25.4. The highest BCUT2D eigenvalue weighted by molar-refractivity contribution is 5.99. The van der Waals surface area contributed by atoms with E-state index in [-0.39, 0.29) is 74.5 Å². The highest BCUT2D eigenvalue weighted by Gasteiger charge is 2.44. The van der Waals surface area contributed by atoms with Gasteiger partial charge in [-0.1, -0.05) is 96.4 Å². The van der Waals surface area contributed by atoms with E-state index in [4.69, 9.17) is 0 Å². The average molecular weight is 1190 g/mol. The summed E-state index contributed by atoms with van der Waals surface area (Å²) in [6, 6.07) is -10.6. The van der Waals surface area contributed by atoms with Gasteiger partial charge in [-0.25, -0.2) is 0 Å². The lowest BCUT2D eigenvalue weighted by atomic mass is 9.93. The van der Waals surface area contributed by atoms with Crippen LogP contribution in [0.5, 0.6) is 0 Å². The number of nitrogens with zero attached hydrogens (tertiary/aromatic N) is 7. The Bertz CT molecular complexity index is 2290. The van der Waals surface area contributed by atoms with Crippen LogP contribution in [0.4, 0.5) is 0 Å². The molecule has 0 aromatic rings. The molecule has 1 heterocycles. The molecule has 5 N–H and O–H groups in total. The van der Waals surface area contributed by atoms with Crippen molar-refractivity contribution in [2.24, 2.45) is 41.4 Å². The number of hydrogen-bond donors (Lipinski definition) is 5. The summed E-state index contributed by atoms with van der Waals surface area (Å²) in [7, 11) is 9.95. The van der Waals surface area contributed by atoms with Crippen molar-refractivity contribution in [3.05, 3.63) is 0 Å². The molecule has 84 heavy (non-hydrogen) atoms. The zero-order valence-electron chi connectivity index (χ0n) is 54.8. The fourth-order valence-electron chi connectivity index (χ4n) is 10.4. The molecule has 1 saturated heterocycles. The molecule has 1 aliphatic heterocycles. The predicted molar refractivity (Wildman–Crippen MR) is 320 cm³/mol. The van der Waals surface area contributed by atoms with Crippen molar-refractivity contribution in [3.63, 3.8) is 0 Å². The standard InChI is InChI=1S/C60H107N11O13/c1-33(2)26-42-55(79)64-50(37(9)10)59(83)67(18)43(27-34(3)4)54(78)62-40(14)52(76)63-41(15)56(80)69(20)45(28-35(5)6)57(81)70(21)46(29-36(7)8)58(82)71(22)51(38(11)12)60(84)68(19)44(30-39(13)24-23-25-49(74)75)53(77)61-31-47(72)65(16)32-48(73)66(42)17/h33-46,50-51H,23-32H2,1-22H3,(H,61,77)(H,62,78)(H,63,76)(H,64,79)(H,74,75). The molecule has 24 nitrogen and oxygen atoms in total. The van der Waals surface area contributed by atoms with Crippen LogP contribution >= 0.6 is 0 Å². The molecular weight excluding hydrogens is 1080 g/mol. The molecule has 0 aromatic carbocycles. The summed E-state index contributed by atoms with van der Waals surface area (Å²) in [5, 5.41) is 20.2. The number of aliphatic carboxylic acids is 1. The smallest absolute Gasteiger partial charge is 0.303 e. The van der Waals surface area contributed by atoms with Gasteiger partial charge < -0.3 is 60.7 Å². The molecule has 0 aromatic heterocycles. The number of carboxylic acids is 1. The molecule has 10 atom stereocenters. The molecule has 0 radical (unpaired) electrons. The normalized spacial score (nSPS) is 25.6. The molecule has 480 valence electrons. The molecule has 0 bridgehead atoms. The lowest BCUT2D eigenvalue weighted by molar-refractivity contribution is -0.156. The first-order valence-electron chi connectivity index (χ1n) is 29.9. The zero-order chi connectivity index (χ0) is 65.1. The Morgan fingerprint density at radius 1 is 0.452 bits per heavy atom. The lowest BCUT2D eigenvalue weighted by Crippen LogP contribution is -2.61. The van der Waals surface area contributed by atoms with E-state index in [1.165, 1.54) is 92.6 Å². The van der Waals surface area contributed by atoms with E-state index in [1.807, 2.05) is 62.3 Å². The van der Waals surface area contributed by atoms with Crippen LogP contribution in [0.15, 0.2) is 0 Å². The van der Waals surface area contributed by atoms with Crippen molar-refractivity contribution < 1.29 is 62.6 Å². The van der Waals surface area contributed by atoms with Gasteiger partial charge in [0.2, 0.25) is 65.0 Å². The SMILES string of the molecule is CC(C)CC1C(=O)NC(C(C)C)C(=O)N(C)C(CC(C)C)C(=O)NC(C)C(=O)NC(C)C(=O)N(C)C(CC(C)C)C(=O)N(C)C(CC(C)C)C(=O)N(C)C(C(C)C)C(=O)N(C)C(CC(C)CCCC(=O)O)C(=O)NCC(=O)N(C)CC(=O)N1C. The van der Waals surface area contributed by atoms with Gasteiger partial charge >= 0.3 is 5.97 Å². The third kappa shape index (κ3) is 22.6. The first-order valence-corrected chi connectivity index (χ1v) is 29.9. The second kappa shape index (κ2) is 34.6. The molecule has 1 rings (SSSR count). The Morgan fingerprint density at radius 2 is 0.857 bits per heavy atom. The van der Waals surface area contributed by atoms with Crippen molar-refractivity contribution in [1.82, 2.24) is 55.6 Å². The van der Waals surface area contributed by atoms with E-state index < -0.39 is 150 Å². The molecule has 11 amide bonds. The number of amides is 11. The quantitative estimate of drug-likeness (QED) is 0.149. The maximum absolute atomic E-state index is 15.0. The van der Waals surface area contributed by atoms with Crippen LogP contribution in [0, 0.1) is 41.4 Å². The third-order valence-corrected chi connectivity index (χ3v) is 15.7. The maximum Gasteiger partial charge on any atom is 0.303 e. The Balaban J connectivity index is 4.19. The number of likely N-dealkylation sites (N-methyl/N-ethyl adjacent to an activating group) is 7. The van der Waals surface area contributed by atoms with Gasteiger partial charge in [0, 0.05) is 55.8 Å². The first kappa shape index (κ1) is 75.7. The Morgan fingerprint density at radius 3 is 1.32 bits per heavy atom. The summed E-state index contributed by atoms with van der Waals surface area (Å²) >= 11 is 0. The van der Waals surface area contributed by atoms with Crippen molar-refractivity contribution in [3.8, 4) is 0 Å². The molecule has 10 unspecified atom stereocenters. The van der Waals surface area contributed by atoms with Gasteiger partial charge in [-0.3, -0.25) is 57.5 Å². The maximum atomic E-state index is 15.0. The molecular formula is C60H107N11O13. The molecule has 24 heteroatoms. The number of hydrogen-bond acceptors (Lipinski definition) is 12. The summed E-state index contributed by atoms with van der Waals surface area (Å²) in [6.07, 6.45) is 1.20. The van der Waals surface area contributed by atoms with Gasteiger partial charge in [-0.15, -0.1) is 0 Å². The Labute approximate surface area is 501 Å². The molecule has 0 spiro atoms. The van der Waals surface area contributed by atoms with Crippen LogP contribution in [0.1, 0.15) is 155 Å². The Hall–Kier alpha value is -6.36. The van der Waals surface area contributed by atoms with Crippen LogP contribution < -0.4 is 21.3 Å². The van der Waals surface area contributed by atoms with E-state index >= 15 is 4.79 Å². The van der Waals surface area contributed by atoms with Crippen molar-refractivity contribution >= 4 is 70.9 Å². The number of carbonyl (C=O) groups is 12. The fraction of sp³-hybridized carbons (Fsp3) is 0.800. The van der Waals surface area contributed by atoms with Crippen LogP contribution in [-0.4, -0.2) is 227 Å². The van der Waals surface area contributed by atoms with Gasteiger partial charge in [0.05, 0.1) is 13.1 Å². The minimum absolute atomic E-state index is 0.0356. The number of carboxylic acid groups (broad SMARTS) is 1. The summed E-state index contributed by atoms with van der Waals surface area (Å²) in [4.78, 5) is 178. The van der Waals surface area contributed by atoms with Crippen LogP contribution in [0.2, 0.25) is 0 Å². The van der Waals surface area contributed by atoms with Crippen LogP contribution in [0.3, 0.4) is 0 Å². The third-order valence-electron chi connectivity index (χ3n) is 15.7. The highest BCUT2D eigenvalue weighted by atomic mass is 16.4. The average Bonchev–Trinajstić information content (AvgIpc) is 3.41. The van der Waals surface area contributed by atoms with Gasteiger partial charge in [0.25, 0.3) is 0 Å². The first-order chi connectivity index (χ1) is 38.7. The summed E-state index contributed by atoms with van der Waals surface area (Å²) in [5.74, 6) is -10.1. The van der Waals surface area contributed by atoms with E-state index in [0.717, 1.165) is 4.90 Å². The summed E-state index contributed by atoms with van der Waals surface area (Å²) in [5.41, 5.74) is 0. The second-order valence-electron chi connectivity index (χ2n) is 25.8. The van der Waals surface area contributed by atoms with Crippen LogP contribution in [0.25, 0.3) is 0 Å². The second-order valence-corrected chi connectivity index (χ2v) is 25.8. The fourth-order valence-corrected chi connectivity index (χ4v) is 10.4. The minimum Gasteiger partial charge on any atom is -0.481 e. The monoisotopic (exact) mass is 1190 g/mol. The molecule has 1 aliphatic rings. The van der Waals surface area contributed by atoms with Gasteiger partial charge in [0.15, 0.2) is 0 Å². The van der Waals surface area contributed by atoms with Crippen molar-refractivity contribution in [2.45, 2.75) is 210 Å². The topological polar surface area (TPSA) is 296 Å². The van der Waals surface area contributed by atoms with Crippen molar-refractivity contribution in [2.75, 3.05) is 62.4 Å². The van der Waals surface area contributed by atoms with Crippen molar-refractivity contribution in [1.29, 1.82) is 0 Å². The van der Waals surface area contributed by atoms with Gasteiger partial charge in [-0.2, -0.15) is 0 Å². The predicted octanol–water partition coefficient (Wildman–Crippen LogP) is 2.81. The lowest BCUT2D eigenvalue weighted by Gasteiger charge is -2.41. The van der Waals surface area contributed by atoms with E-state index in [1.54, 1.807) is 27.7 Å². The van der Waals surface area contributed by atoms with Crippen LogP contribution in [-0.2, 0) is 57.5 Å². The van der Waals surface area contributed by atoms with E-state index in [2.05, 4.69) is 21.3 Å². The Kier molecular flexibility index (Phi) is 31.1. The highest BCUT2D eigenvalue weighted by Crippen LogP contribution is 2.25. The molecule has 1 fully saturated rings. The largest absolute Gasteiger partial charge is 0.481 e. The van der Waals surface area contributed by atoms with Gasteiger partial charge in [-0.05, 0) is 93.8 Å². The number of rotatable bonds is 16. The number of nitrogens with one attached hydrogen (secondary N) is 4. The molecule has 0 saturated carbocycles. The minimum atomic E-state index is -1.24. The van der Waals surface area contributed by atoms with Gasteiger partial charge in [0.1, 0.15) is 54.4 Å². The van der Waals surface area contributed by atoms with E-state index in [0.29, 0.717) is 6.42 Å². The molecule has 0 aliphatic carbocycles. The zero-order valence-corrected chi connectivity index (χ0v) is 54.8. The summed E-state index contributed by atoms with van der Waals surface area (Å²) < 4.78 is 0.